The summed E-state index contributed by atoms with van der Waals surface area (Å²) in [4.78, 5) is 21.1. The first-order valence-corrected chi connectivity index (χ1v) is 7.70. The van der Waals surface area contributed by atoms with Gasteiger partial charge in [0.1, 0.15) is 17.2 Å². The van der Waals surface area contributed by atoms with Crippen LogP contribution in [0.4, 0.5) is 5.82 Å². The van der Waals surface area contributed by atoms with Gasteiger partial charge in [-0.05, 0) is 53.5 Å². The number of fused-ring (bicyclic) bond motifs is 1. The molecule has 0 spiro atoms. The first-order valence-electron chi connectivity index (χ1n) is 6.53. The standard InChI is InChI=1S/C15H12BrClN4O/c1-8-5-10(16)7-21-13(9(2)19-14(8)21)15(22)20-12-6-11(17)3-4-18-12/h3-7H,1-2H3,(H,18,20,22). The Labute approximate surface area is 140 Å². The number of rotatable bonds is 2. The van der Waals surface area contributed by atoms with E-state index >= 15 is 0 Å². The zero-order chi connectivity index (χ0) is 15.9. The molecule has 0 saturated carbocycles. The molecular formula is C15H12BrClN4O. The highest BCUT2D eigenvalue weighted by atomic mass is 79.9. The second-order valence-electron chi connectivity index (χ2n) is 4.89. The molecule has 0 atom stereocenters. The number of nitrogens with zero attached hydrogens (tertiary/aromatic N) is 3. The lowest BCUT2D eigenvalue weighted by atomic mass is 10.3. The summed E-state index contributed by atoms with van der Waals surface area (Å²) in [5, 5.41) is 3.26. The van der Waals surface area contributed by atoms with Crippen molar-refractivity contribution in [3.8, 4) is 0 Å². The number of hydrogen-bond acceptors (Lipinski definition) is 3. The second kappa shape index (κ2) is 5.70. The lowest BCUT2D eigenvalue weighted by Gasteiger charge is -2.06. The molecule has 3 heterocycles. The number of hydrogen-bond donors (Lipinski definition) is 1. The molecule has 7 heteroatoms. The van der Waals surface area contributed by atoms with E-state index < -0.39 is 0 Å². The fourth-order valence-corrected chi connectivity index (χ4v) is 3.01. The molecule has 112 valence electrons. The lowest BCUT2D eigenvalue weighted by molar-refractivity contribution is 0.102. The van der Waals surface area contributed by atoms with E-state index in [0.29, 0.717) is 22.2 Å². The van der Waals surface area contributed by atoms with Crippen molar-refractivity contribution in [1.29, 1.82) is 0 Å². The summed E-state index contributed by atoms with van der Waals surface area (Å²) in [5.74, 6) is 0.121. The van der Waals surface area contributed by atoms with Crippen LogP contribution in [0.5, 0.6) is 0 Å². The number of anilines is 1. The Morgan fingerprint density at radius 3 is 2.86 bits per heavy atom. The average molecular weight is 380 g/mol. The Kier molecular flexibility index (Phi) is 3.88. The van der Waals surface area contributed by atoms with Crippen LogP contribution in [0.3, 0.4) is 0 Å². The molecule has 0 aliphatic rings. The summed E-state index contributed by atoms with van der Waals surface area (Å²) in [5.41, 5.74) is 2.87. The number of halogens is 2. The molecule has 0 unspecified atom stereocenters. The minimum atomic E-state index is -0.280. The van der Waals surface area contributed by atoms with E-state index in [1.165, 1.54) is 0 Å². The fourth-order valence-electron chi connectivity index (χ4n) is 2.30. The number of carbonyl (C=O) groups excluding carboxylic acids is 1. The number of aryl methyl sites for hydroxylation is 2. The van der Waals surface area contributed by atoms with E-state index in [4.69, 9.17) is 11.6 Å². The van der Waals surface area contributed by atoms with Crippen molar-refractivity contribution >= 4 is 44.9 Å². The minimum absolute atomic E-state index is 0.280. The van der Waals surface area contributed by atoms with Crippen LogP contribution in [0.15, 0.2) is 35.1 Å². The highest BCUT2D eigenvalue weighted by molar-refractivity contribution is 9.10. The monoisotopic (exact) mass is 378 g/mol. The highest BCUT2D eigenvalue weighted by Crippen LogP contribution is 2.21. The third kappa shape index (κ3) is 2.71. The van der Waals surface area contributed by atoms with Crippen molar-refractivity contribution in [3.63, 3.8) is 0 Å². The second-order valence-corrected chi connectivity index (χ2v) is 6.25. The molecule has 0 fully saturated rings. The van der Waals surface area contributed by atoms with Crippen molar-refractivity contribution in [1.82, 2.24) is 14.4 Å². The molecule has 0 radical (unpaired) electrons. The predicted octanol–water partition coefficient (Wildman–Crippen LogP) is 4.01. The molecule has 1 N–H and O–H groups in total. The Balaban J connectivity index is 2.06. The van der Waals surface area contributed by atoms with Gasteiger partial charge in [-0.1, -0.05) is 11.6 Å². The molecule has 3 aromatic rings. The van der Waals surface area contributed by atoms with Crippen molar-refractivity contribution in [2.75, 3.05) is 5.32 Å². The van der Waals surface area contributed by atoms with Gasteiger partial charge in [0.25, 0.3) is 5.91 Å². The van der Waals surface area contributed by atoms with Gasteiger partial charge in [0.2, 0.25) is 0 Å². The third-order valence-corrected chi connectivity index (χ3v) is 3.89. The van der Waals surface area contributed by atoms with Gasteiger partial charge in [-0.15, -0.1) is 0 Å². The van der Waals surface area contributed by atoms with E-state index in [1.54, 1.807) is 29.7 Å². The van der Waals surface area contributed by atoms with Gasteiger partial charge >= 0.3 is 0 Å². The van der Waals surface area contributed by atoms with Crippen molar-refractivity contribution in [2.24, 2.45) is 0 Å². The number of nitrogens with one attached hydrogen (secondary N) is 1. The molecular weight excluding hydrogens is 368 g/mol. The van der Waals surface area contributed by atoms with E-state index in [-0.39, 0.29) is 5.91 Å². The molecule has 22 heavy (non-hydrogen) atoms. The Hall–Kier alpha value is -1.92. The van der Waals surface area contributed by atoms with Crippen molar-refractivity contribution in [2.45, 2.75) is 13.8 Å². The summed E-state index contributed by atoms with van der Waals surface area (Å²) in [6.45, 7) is 3.76. The number of amides is 1. The topological polar surface area (TPSA) is 59.3 Å². The lowest BCUT2D eigenvalue weighted by Crippen LogP contribution is -2.16. The van der Waals surface area contributed by atoms with E-state index in [9.17, 15) is 4.79 Å². The first kappa shape index (κ1) is 15.0. The van der Waals surface area contributed by atoms with E-state index in [1.807, 2.05) is 19.2 Å². The van der Waals surface area contributed by atoms with Crippen molar-refractivity contribution in [3.05, 3.63) is 57.0 Å². The van der Waals surface area contributed by atoms with Crippen LogP contribution in [0.25, 0.3) is 5.65 Å². The maximum absolute atomic E-state index is 12.6. The van der Waals surface area contributed by atoms with Crippen LogP contribution in [0.2, 0.25) is 5.02 Å². The molecule has 5 nitrogen and oxygen atoms in total. The SMILES string of the molecule is Cc1nc2c(C)cc(Br)cn2c1C(=O)Nc1cc(Cl)ccn1. The summed E-state index contributed by atoms with van der Waals surface area (Å²) in [6, 6.07) is 5.21. The summed E-state index contributed by atoms with van der Waals surface area (Å²) in [7, 11) is 0. The maximum Gasteiger partial charge on any atom is 0.275 e. The van der Waals surface area contributed by atoms with E-state index in [0.717, 1.165) is 15.7 Å². The smallest absolute Gasteiger partial charge is 0.275 e. The van der Waals surface area contributed by atoms with Crippen LogP contribution in [0, 0.1) is 13.8 Å². The maximum atomic E-state index is 12.6. The Morgan fingerprint density at radius 2 is 2.14 bits per heavy atom. The summed E-state index contributed by atoms with van der Waals surface area (Å²) < 4.78 is 2.65. The van der Waals surface area contributed by atoms with Gasteiger partial charge in [-0.2, -0.15) is 0 Å². The van der Waals surface area contributed by atoms with Crippen LogP contribution < -0.4 is 5.32 Å². The highest BCUT2D eigenvalue weighted by Gasteiger charge is 2.18. The predicted molar refractivity (Wildman–Crippen MR) is 89.6 cm³/mol. The Morgan fingerprint density at radius 1 is 1.36 bits per heavy atom. The number of aromatic nitrogens is 3. The van der Waals surface area contributed by atoms with Crippen LogP contribution in [-0.2, 0) is 0 Å². The van der Waals surface area contributed by atoms with Gasteiger partial charge < -0.3 is 5.32 Å². The molecule has 3 aromatic heterocycles. The quantitative estimate of drug-likeness (QED) is 0.732. The summed E-state index contributed by atoms with van der Waals surface area (Å²) >= 11 is 9.35. The number of imidazole rings is 1. The third-order valence-electron chi connectivity index (χ3n) is 3.22. The van der Waals surface area contributed by atoms with E-state index in [2.05, 4.69) is 31.2 Å². The Bertz CT molecular complexity index is 891. The molecule has 0 aromatic carbocycles. The first-order chi connectivity index (χ1) is 10.5. The number of pyridine rings is 2. The summed E-state index contributed by atoms with van der Waals surface area (Å²) in [6.07, 6.45) is 3.36. The fraction of sp³-hybridized carbons (Fsp3) is 0.133. The van der Waals surface area contributed by atoms with Crippen LogP contribution in [-0.4, -0.2) is 20.3 Å². The van der Waals surface area contributed by atoms with Gasteiger partial charge in [-0.3, -0.25) is 9.20 Å². The van der Waals surface area contributed by atoms with Gasteiger partial charge in [0, 0.05) is 21.9 Å². The number of carbonyl (C=O) groups is 1. The van der Waals surface area contributed by atoms with Crippen LogP contribution in [0.1, 0.15) is 21.7 Å². The average Bonchev–Trinajstić information content (AvgIpc) is 2.75. The van der Waals surface area contributed by atoms with Gasteiger partial charge in [0.05, 0.1) is 5.69 Å². The van der Waals surface area contributed by atoms with Gasteiger partial charge in [0.15, 0.2) is 0 Å². The largest absolute Gasteiger partial charge is 0.305 e. The van der Waals surface area contributed by atoms with Gasteiger partial charge in [-0.25, -0.2) is 9.97 Å². The molecule has 0 aliphatic carbocycles. The minimum Gasteiger partial charge on any atom is -0.305 e. The molecule has 0 aliphatic heterocycles. The molecule has 1 amide bonds. The zero-order valence-electron chi connectivity index (χ0n) is 11.9. The zero-order valence-corrected chi connectivity index (χ0v) is 14.2. The van der Waals surface area contributed by atoms with Crippen molar-refractivity contribution < 1.29 is 4.79 Å². The molecule has 3 rings (SSSR count). The molecule has 0 saturated heterocycles. The van der Waals surface area contributed by atoms with Crippen LogP contribution >= 0.6 is 27.5 Å². The normalized spacial score (nSPS) is 10.9. The molecule has 0 bridgehead atoms.